The average molecular weight is 238 g/mol. The van der Waals surface area contributed by atoms with Gasteiger partial charge in [0, 0.05) is 11.1 Å². The SMILES string of the molecule is CC(=O)c1ccc2ccc(C(C)=O)c3c2c1CC3. The van der Waals surface area contributed by atoms with Crippen molar-refractivity contribution < 1.29 is 9.59 Å². The molecule has 0 saturated carbocycles. The number of rotatable bonds is 2. The van der Waals surface area contributed by atoms with E-state index >= 15 is 0 Å². The van der Waals surface area contributed by atoms with E-state index in [0.717, 1.165) is 45.9 Å². The van der Waals surface area contributed by atoms with Crippen LogP contribution >= 0.6 is 0 Å². The standard InChI is InChI=1S/C16H14O2/c1-9(17)12-5-3-11-4-6-13(10(2)18)15-8-7-14(12)16(11)15/h3-6H,7-8H2,1-2H3. The maximum absolute atomic E-state index is 11.6. The smallest absolute Gasteiger partial charge is 0.160 e. The van der Waals surface area contributed by atoms with Crippen molar-refractivity contribution in [2.24, 2.45) is 0 Å². The van der Waals surface area contributed by atoms with Gasteiger partial charge >= 0.3 is 0 Å². The molecule has 1 aliphatic carbocycles. The lowest BCUT2D eigenvalue weighted by Crippen LogP contribution is -1.99. The highest BCUT2D eigenvalue weighted by Gasteiger charge is 2.22. The van der Waals surface area contributed by atoms with Gasteiger partial charge in [0.15, 0.2) is 11.6 Å². The van der Waals surface area contributed by atoms with E-state index in [2.05, 4.69) is 0 Å². The summed E-state index contributed by atoms with van der Waals surface area (Å²) in [5.41, 5.74) is 3.86. The molecule has 0 aromatic heterocycles. The number of hydrogen-bond acceptors (Lipinski definition) is 2. The third kappa shape index (κ3) is 1.42. The zero-order valence-electron chi connectivity index (χ0n) is 10.5. The summed E-state index contributed by atoms with van der Waals surface area (Å²) in [6, 6.07) is 7.77. The molecule has 0 spiro atoms. The fourth-order valence-electron chi connectivity index (χ4n) is 3.00. The summed E-state index contributed by atoms with van der Waals surface area (Å²) in [5, 5.41) is 2.27. The van der Waals surface area contributed by atoms with Gasteiger partial charge in [-0.3, -0.25) is 9.59 Å². The Morgan fingerprint density at radius 3 is 1.67 bits per heavy atom. The van der Waals surface area contributed by atoms with E-state index in [1.165, 1.54) is 0 Å². The van der Waals surface area contributed by atoms with Gasteiger partial charge in [-0.2, -0.15) is 0 Å². The number of ketones is 2. The molecule has 0 bridgehead atoms. The van der Waals surface area contributed by atoms with Gasteiger partial charge < -0.3 is 0 Å². The Hall–Kier alpha value is -1.96. The van der Waals surface area contributed by atoms with Gasteiger partial charge in [0.2, 0.25) is 0 Å². The van der Waals surface area contributed by atoms with Crippen LogP contribution in [0.25, 0.3) is 10.8 Å². The van der Waals surface area contributed by atoms with E-state index in [4.69, 9.17) is 0 Å². The fraction of sp³-hybridized carbons (Fsp3) is 0.250. The minimum absolute atomic E-state index is 0.105. The number of Topliss-reactive ketones (excluding diaryl/α,β-unsaturated/α-hetero) is 2. The van der Waals surface area contributed by atoms with Gasteiger partial charge in [-0.05, 0) is 48.6 Å². The number of hydrogen-bond donors (Lipinski definition) is 0. The van der Waals surface area contributed by atoms with Crippen molar-refractivity contribution in [1.82, 2.24) is 0 Å². The topological polar surface area (TPSA) is 34.1 Å². The largest absolute Gasteiger partial charge is 0.295 e. The molecule has 3 rings (SSSR count). The van der Waals surface area contributed by atoms with Crippen LogP contribution in [-0.2, 0) is 12.8 Å². The summed E-state index contributed by atoms with van der Waals surface area (Å²) in [5.74, 6) is 0.209. The van der Waals surface area contributed by atoms with E-state index < -0.39 is 0 Å². The van der Waals surface area contributed by atoms with Gasteiger partial charge in [0.25, 0.3) is 0 Å². The molecular formula is C16H14O2. The Morgan fingerprint density at radius 2 is 1.28 bits per heavy atom. The van der Waals surface area contributed by atoms with Gasteiger partial charge in [-0.25, -0.2) is 0 Å². The van der Waals surface area contributed by atoms with Crippen molar-refractivity contribution in [1.29, 1.82) is 0 Å². The van der Waals surface area contributed by atoms with Crippen LogP contribution in [0.3, 0.4) is 0 Å². The van der Waals surface area contributed by atoms with E-state index in [-0.39, 0.29) is 11.6 Å². The first kappa shape index (κ1) is 11.1. The van der Waals surface area contributed by atoms with Crippen molar-refractivity contribution in [3.63, 3.8) is 0 Å². The molecule has 1 aliphatic rings. The minimum Gasteiger partial charge on any atom is -0.295 e. The van der Waals surface area contributed by atoms with Gasteiger partial charge in [0.1, 0.15) is 0 Å². The Bertz CT molecular complexity index is 639. The second kappa shape index (κ2) is 3.77. The summed E-state index contributed by atoms with van der Waals surface area (Å²) in [6.07, 6.45) is 1.73. The molecule has 0 fully saturated rings. The maximum atomic E-state index is 11.6. The fourth-order valence-corrected chi connectivity index (χ4v) is 3.00. The Labute approximate surface area is 106 Å². The van der Waals surface area contributed by atoms with E-state index in [0.29, 0.717) is 0 Å². The molecule has 0 unspecified atom stereocenters. The first-order valence-corrected chi connectivity index (χ1v) is 6.19. The Balaban J connectivity index is 2.42. The van der Waals surface area contributed by atoms with E-state index in [1.807, 2.05) is 24.3 Å². The molecule has 0 N–H and O–H groups in total. The van der Waals surface area contributed by atoms with Crippen LogP contribution < -0.4 is 0 Å². The lowest BCUT2D eigenvalue weighted by atomic mass is 9.95. The van der Waals surface area contributed by atoms with Crippen molar-refractivity contribution >= 4 is 22.3 Å². The Morgan fingerprint density at radius 1 is 0.833 bits per heavy atom. The predicted molar refractivity (Wildman–Crippen MR) is 71.4 cm³/mol. The molecule has 0 atom stereocenters. The lowest BCUT2D eigenvalue weighted by molar-refractivity contribution is 0.100. The molecule has 2 aromatic carbocycles. The Kier molecular flexibility index (Phi) is 2.34. The summed E-state index contributed by atoms with van der Waals surface area (Å²) in [6.45, 7) is 3.20. The highest BCUT2D eigenvalue weighted by molar-refractivity contribution is 6.07. The molecule has 2 heteroatoms. The second-order valence-electron chi connectivity index (χ2n) is 4.89. The van der Waals surface area contributed by atoms with Crippen LogP contribution in [-0.4, -0.2) is 11.6 Å². The molecular weight excluding hydrogens is 224 g/mol. The van der Waals surface area contributed by atoms with Crippen LogP contribution in [0.5, 0.6) is 0 Å². The van der Waals surface area contributed by atoms with Crippen molar-refractivity contribution in [2.75, 3.05) is 0 Å². The van der Waals surface area contributed by atoms with Crippen LogP contribution in [0.15, 0.2) is 24.3 Å². The average Bonchev–Trinajstić information content (AvgIpc) is 2.75. The quantitative estimate of drug-likeness (QED) is 0.752. The van der Waals surface area contributed by atoms with Crippen molar-refractivity contribution in [2.45, 2.75) is 26.7 Å². The van der Waals surface area contributed by atoms with Crippen molar-refractivity contribution in [3.05, 3.63) is 46.5 Å². The molecule has 90 valence electrons. The number of benzene rings is 2. The summed E-state index contributed by atoms with van der Waals surface area (Å²) in [7, 11) is 0. The van der Waals surface area contributed by atoms with Crippen LogP contribution in [0.1, 0.15) is 45.7 Å². The van der Waals surface area contributed by atoms with Crippen LogP contribution in [0, 0.1) is 0 Å². The summed E-state index contributed by atoms with van der Waals surface area (Å²) >= 11 is 0. The van der Waals surface area contributed by atoms with Crippen LogP contribution in [0.4, 0.5) is 0 Å². The molecule has 0 radical (unpaired) electrons. The summed E-state index contributed by atoms with van der Waals surface area (Å²) in [4.78, 5) is 23.3. The molecule has 2 nitrogen and oxygen atoms in total. The van der Waals surface area contributed by atoms with Crippen molar-refractivity contribution in [3.8, 4) is 0 Å². The third-order valence-corrected chi connectivity index (χ3v) is 3.79. The molecule has 0 amide bonds. The monoisotopic (exact) mass is 238 g/mol. The lowest BCUT2D eigenvalue weighted by Gasteiger charge is -2.08. The number of carbonyl (C=O) groups excluding carboxylic acids is 2. The van der Waals surface area contributed by atoms with E-state index in [9.17, 15) is 9.59 Å². The third-order valence-electron chi connectivity index (χ3n) is 3.79. The zero-order valence-corrected chi connectivity index (χ0v) is 10.5. The molecule has 0 aliphatic heterocycles. The normalized spacial score (nSPS) is 13.0. The molecule has 2 aromatic rings. The zero-order chi connectivity index (χ0) is 12.9. The first-order valence-electron chi connectivity index (χ1n) is 6.19. The number of aryl methyl sites for hydroxylation is 2. The van der Waals surface area contributed by atoms with E-state index in [1.54, 1.807) is 13.8 Å². The first-order chi connectivity index (χ1) is 8.59. The van der Waals surface area contributed by atoms with Gasteiger partial charge in [0.05, 0.1) is 0 Å². The molecule has 18 heavy (non-hydrogen) atoms. The minimum atomic E-state index is 0.105. The highest BCUT2D eigenvalue weighted by Crippen LogP contribution is 2.35. The van der Waals surface area contributed by atoms with Crippen LogP contribution in [0.2, 0.25) is 0 Å². The molecule has 0 heterocycles. The predicted octanol–water partition coefficient (Wildman–Crippen LogP) is 3.34. The highest BCUT2D eigenvalue weighted by atomic mass is 16.1. The maximum Gasteiger partial charge on any atom is 0.160 e. The molecule has 0 saturated heterocycles. The summed E-state index contributed by atoms with van der Waals surface area (Å²) < 4.78 is 0. The number of carbonyl (C=O) groups is 2. The second-order valence-corrected chi connectivity index (χ2v) is 4.89. The van der Waals surface area contributed by atoms with Gasteiger partial charge in [-0.1, -0.05) is 24.3 Å². The van der Waals surface area contributed by atoms with Gasteiger partial charge in [-0.15, -0.1) is 0 Å².